The SMILES string of the molecule is CN1CCCN(C(=O)CNCC2CC2)c2ccccc21. The third-order valence-corrected chi connectivity index (χ3v) is 4.17. The molecule has 1 saturated carbocycles. The fourth-order valence-corrected chi connectivity index (χ4v) is 2.78. The second-order valence-electron chi connectivity index (χ2n) is 5.88. The predicted molar refractivity (Wildman–Crippen MR) is 82.3 cm³/mol. The Morgan fingerprint density at radius 3 is 2.75 bits per heavy atom. The molecule has 1 aliphatic carbocycles. The van der Waals surface area contributed by atoms with E-state index >= 15 is 0 Å². The average molecular weight is 273 g/mol. The van der Waals surface area contributed by atoms with Crippen LogP contribution in [-0.4, -0.2) is 39.1 Å². The summed E-state index contributed by atoms with van der Waals surface area (Å²) in [4.78, 5) is 16.6. The first-order valence-electron chi connectivity index (χ1n) is 7.57. The van der Waals surface area contributed by atoms with E-state index in [2.05, 4.69) is 29.4 Å². The van der Waals surface area contributed by atoms with Gasteiger partial charge in [0.25, 0.3) is 0 Å². The fraction of sp³-hybridized carbons (Fsp3) is 0.562. The summed E-state index contributed by atoms with van der Waals surface area (Å²) in [5, 5.41) is 3.30. The van der Waals surface area contributed by atoms with Gasteiger partial charge in [-0.1, -0.05) is 12.1 Å². The van der Waals surface area contributed by atoms with Crippen molar-refractivity contribution in [3.8, 4) is 0 Å². The molecule has 1 N–H and O–H groups in total. The van der Waals surface area contributed by atoms with Gasteiger partial charge in [-0.25, -0.2) is 0 Å². The number of nitrogens with one attached hydrogen (secondary N) is 1. The van der Waals surface area contributed by atoms with Gasteiger partial charge in [0.05, 0.1) is 17.9 Å². The third-order valence-electron chi connectivity index (χ3n) is 4.17. The normalized spacial score (nSPS) is 18.6. The number of para-hydroxylation sites is 2. The molecule has 3 rings (SSSR count). The lowest BCUT2D eigenvalue weighted by molar-refractivity contribution is -0.117. The van der Waals surface area contributed by atoms with Crippen molar-refractivity contribution >= 4 is 17.3 Å². The summed E-state index contributed by atoms with van der Waals surface area (Å²) in [5.74, 6) is 0.999. The molecule has 0 spiro atoms. The maximum Gasteiger partial charge on any atom is 0.241 e. The molecule has 1 aromatic rings. The van der Waals surface area contributed by atoms with Crippen molar-refractivity contribution in [3.05, 3.63) is 24.3 Å². The molecule has 2 aliphatic rings. The van der Waals surface area contributed by atoms with Gasteiger partial charge in [0.1, 0.15) is 0 Å². The third kappa shape index (κ3) is 2.96. The first-order valence-corrected chi connectivity index (χ1v) is 7.57. The average Bonchev–Trinajstić information content (AvgIpc) is 3.27. The lowest BCUT2D eigenvalue weighted by atomic mass is 10.2. The first-order chi connectivity index (χ1) is 9.75. The molecule has 1 fully saturated rings. The molecule has 0 saturated heterocycles. The fourth-order valence-electron chi connectivity index (χ4n) is 2.78. The predicted octanol–water partition coefficient (Wildman–Crippen LogP) is 1.86. The van der Waals surface area contributed by atoms with Gasteiger partial charge < -0.3 is 15.1 Å². The number of hydrogen-bond acceptors (Lipinski definition) is 3. The van der Waals surface area contributed by atoms with Crippen LogP contribution in [0.25, 0.3) is 0 Å². The van der Waals surface area contributed by atoms with Crippen molar-refractivity contribution in [2.75, 3.05) is 43.0 Å². The minimum absolute atomic E-state index is 0.188. The number of benzene rings is 1. The van der Waals surface area contributed by atoms with Crippen LogP contribution in [0, 0.1) is 5.92 Å². The molecule has 0 atom stereocenters. The number of amides is 1. The Morgan fingerprint density at radius 2 is 2.00 bits per heavy atom. The molecule has 1 aliphatic heterocycles. The topological polar surface area (TPSA) is 35.6 Å². The van der Waals surface area contributed by atoms with E-state index in [9.17, 15) is 4.79 Å². The summed E-state index contributed by atoms with van der Waals surface area (Å²) in [6.07, 6.45) is 3.65. The van der Waals surface area contributed by atoms with Gasteiger partial charge >= 0.3 is 0 Å². The van der Waals surface area contributed by atoms with Gasteiger partial charge in [-0.2, -0.15) is 0 Å². The Morgan fingerprint density at radius 1 is 1.25 bits per heavy atom. The Balaban J connectivity index is 1.70. The summed E-state index contributed by atoms with van der Waals surface area (Å²) in [6, 6.07) is 8.19. The summed E-state index contributed by atoms with van der Waals surface area (Å²) in [5.41, 5.74) is 2.20. The molecular weight excluding hydrogens is 250 g/mol. The monoisotopic (exact) mass is 273 g/mol. The molecule has 20 heavy (non-hydrogen) atoms. The zero-order valence-electron chi connectivity index (χ0n) is 12.1. The van der Waals surface area contributed by atoms with Gasteiger partial charge in [-0.05, 0) is 43.9 Å². The van der Waals surface area contributed by atoms with E-state index < -0.39 is 0 Å². The van der Waals surface area contributed by atoms with Crippen molar-refractivity contribution in [1.29, 1.82) is 0 Å². The summed E-state index contributed by atoms with van der Waals surface area (Å²) >= 11 is 0. The highest BCUT2D eigenvalue weighted by Crippen LogP contribution is 2.31. The smallest absolute Gasteiger partial charge is 0.241 e. The summed E-state index contributed by atoms with van der Waals surface area (Å²) in [6.45, 7) is 3.25. The van der Waals surface area contributed by atoms with Crippen LogP contribution in [0.2, 0.25) is 0 Å². The highest BCUT2D eigenvalue weighted by Gasteiger charge is 2.24. The van der Waals surface area contributed by atoms with E-state index in [0.717, 1.165) is 43.3 Å². The van der Waals surface area contributed by atoms with Crippen LogP contribution in [0.3, 0.4) is 0 Å². The number of anilines is 2. The van der Waals surface area contributed by atoms with Gasteiger partial charge in [0, 0.05) is 20.1 Å². The summed E-state index contributed by atoms with van der Waals surface area (Å²) < 4.78 is 0. The van der Waals surface area contributed by atoms with Crippen LogP contribution in [0.4, 0.5) is 11.4 Å². The standard InChI is InChI=1S/C16H23N3O/c1-18-9-4-10-19(15-6-3-2-5-14(15)18)16(20)12-17-11-13-7-8-13/h2-3,5-6,13,17H,4,7-12H2,1H3. The van der Waals surface area contributed by atoms with Crippen LogP contribution in [0.1, 0.15) is 19.3 Å². The van der Waals surface area contributed by atoms with Crippen LogP contribution in [0.5, 0.6) is 0 Å². The van der Waals surface area contributed by atoms with Crippen molar-refractivity contribution in [2.24, 2.45) is 5.92 Å². The lowest BCUT2D eigenvalue weighted by Crippen LogP contribution is -2.39. The molecule has 4 nitrogen and oxygen atoms in total. The van der Waals surface area contributed by atoms with E-state index in [1.165, 1.54) is 12.8 Å². The number of rotatable bonds is 4. The second kappa shape index (κ2) is 5.83. The van der Waals surface area contributed by atoms with E-state index in [4.69, 9.17) is 0 Å². The quantitative estimate of drug-likeness (QED) is 0.909. The molecule has 0 unspecified atom stereocenters. The number of fused-ring (bicyclic) bond motifs is 1. The molecule has 0 bridgehead atoms. The molecule has 108 valence electrons. The van der Waals surface area contributed by atoms with E-state index in [0.29, 0.717) is 6.54 Å². The van der Waals surface area contributed by atoms with Crippen molar-refractivity contribution < 1.29 is 4.79 Å². The largest absolute Gasteiger partial charge is 0.373 e. The zero-order valence-corrected chi connectivity index (χ0v) is 12.1. The van der Waals surface area contributed by atoms with Gasteiger partial charge in [0.15, 0.2) is 0 Å². The number of nitrogens with zero attached hydrogens (tertiary/aromatic N) is 2. The molecule has 1 amide bonds. The van der Waals surface area contributed by atoms with Crippen LogP contribution < -0.4 is 15.1 Å². The van der Waals surface area contributed by atoms with Gasteiger partial charge in [-0.3, -0.25) is 4.79 Å². The Bertz CT molecular complexity index is 484. The van der Waals surface area contributed by atoms with Crippen molar-refractivity contribution in [1.82, 2.24) is 5.32 Å². The van der Waals surface area contributed by atoms with E-state index in [1.54, 1.807) is 0 Å². The molecule has 0 radical (unpaired) electrons. The Kier molecular flexibility index (Phi) is 3.92. The van der Waals surface area contributed by atoms with Crippen LogP contribution in [-0.2, 0) is 4.79 Å². The molecular formula is C16H23N3O. The lowest BCUT2D eigenvalue weighted by Gasteiger charge is -2.24. The highest BCUT2D eigenvalue weighted by atomic mass is 16.2. The molecule has 1 heterocycles. The first kappa shape index (κ1) is 13.4. The van der Waals surface area contributed by atoms with Gasteiger partial charge in [0.2, 0.25) is 5.91 Å². The number of carbonyl (C=O) groups excluding carboxylic acids is 1. The highest BCUT2D eigenvalue weighted by molar-refractivity contribution is 5.98. The van der Waals surface area contributed by atoms with Gasteiger partial charge in [-0.15, -0.1) is 0 Å². The minimum Gasteiger partial charge on any atom is -0.373 e. The Labute approximate surface area is 120 Å². The van der Waals surface area contributed by atoms with Crippen molar-refractivity contribution in [2.45, 2.75) is 19.3 Å². The molecule has 1 aromatic carbocycles. The van der Waals surface area contributed by atoms with Crippen molar-refractivity contribution in [3.63, 3.8) is 0 Å². The number of hydrogen-bond donors (Lipinski definition) is 1. The van der Waals surface area contributed by atoms with E-state index in [1.807, 2.05) is 17.0 Å². The maximum atomic E-state index is 12.5. The molecule has 0 aromatic heterocycles. The second-order valence-corrected chi connectivity index (χ2v) is 5.88. The number of carbonyl (C=O) groups is 1. The zero-order chi connectivity index (χ0) is 13.9. The molecule has 4 heteroatoms. The maximum absolute atomic E-state index is 12.5. The Hall–Kier alpha value is -1.55. The summed E-state index contributed by atoms with van der Waals surface area (Å²) in [7, 11) is 2.10. The van der Waals surface area contributed by atoms with E-state index in [-0.39, 0.29) is 5.91 Å². The van der Waals surface area contributed by atoms with Crippen LogP contribution >= 0.6 is 0 Å². The minimum atomic E-state index is 0.188. The van der Waals surface area contributed by atoms with Crippen LogP contribution in [0.15, 0.2) is 24.3 Å².